The number of halogens is 1. The van der Waals surface area contributed by atoms with Crippen molar-refractivity contribution in [2.24, 2.45) is 5.92 Å². The standard InChI is InChI=1S/C21H29ClN2O/c1-4-5-12-24(21(25)14-17(2)3)16-19-10-8-13-23(19)15-18-9-6-7-11-20(18)22/h6-11,13,17H,4-5,12,14-16H2,1-3H3. The molecule has 0 bridgehead atoms. The molecule has 0 spiro atoms. The first-order valence-corrected chi connectivity index (χ1v) is 9.54. The highest BCUT2D eigenvalue weighted by molar-refractivity contribution is 6.31. The molecule has 2 aromatic rings. The van der Waals surface area contributed by atoms with Crippen molar-refractivity contribution >= 4 is 17.5 Å². The van der Waals surface area contributed by atoms with Crippen LogP contribution in [-0.2, 0) is 17.9 Å². The molecule has 0 N–H and O–H groups in total. The van der Waals surface area contributed by atoms with Gasteiger partial charge in [-0.1, -0.05) is 57.0 Å². The number of unbranched alkanes of at least 4 members (excludes halogenated alkanes) is 1. The number of rotatable bonds is 9. The monoisotopic (exact) mass is 360 g/mol. The van der Waals surface area contributed by atoms with E-state index in [1.165, 1.54) is 0 Å². The smallest absolute Gasteiger partial charge is 0.223 e. The lowest BCUT2D eigenvalue weighted by molar-refractivity contribution is -0.132. The Morgan fingerprint density at radius 2 is 1.96 bits per heavy atom. The molecule has 4 heteroatoms. The minimum absolute atomic E-state index is 0.244. The predicted molar refractivity (Wildman–Crippen MR) is 105 cm³/mol. The molecule has 3 nitrogen and oxygen atoms in total. The van der Waals surface area contributed by atoms with Crippen molar-refractivity contribution in [3.05, 3.63) is 58.9 Å². The van der Waals surface area contributed by atoms with Gasteiger partial charge in [-0.15, -0.1) is 0 Å². The molecule has 0 aliphatic rings. The molecule has 0 atom stereocenters. The van der Waals surface area contributed by atoms with Gasteiger partial charge in [0.2, 0.25) is 5.91 Å². The molecule has 0 unspecified atom stereocenters. The zero-order valence-electron chi connectivity index (χ0n) is 15.5. The van der Waals surface area contributed by atoms with E-state index in [0.717, 1.165) is 42.2 Å². The summed E-state index contributed by atoms with van der Waals surface area (Å²) in [5.74, 6) is 0.625. The molecule has 0 aliphatic carbocycles. The highest BCUT2D eigenvalue weighted by atomic mass is 35.5. The summed E-state index contributed by atoms with van der Waals surface area (Å²) in [4.78, 5) is 14.6. The van der Waals surface area contributed by atoms with Crippen LogP contribution in [0.5, 0.6) is 0 Å². The van der Waals surface area contributed by atoms with Gasteiger partial charge in [-0.25, -0.2) is 0 Å². The van der Waals surface area contributed by atoms with Crippen LogP contribution in [0.3, 0.4) is 0 Å². The molecule has 0 saturated heterocycles. The molecule has 0 aliphatic heterocycles. The van der Waals surface area contributed by atoms with E-state index in [4.69, 9.17) is 11.6 Å². The molecule has 0 fully saturated rings. The summed E-state index contributed by atoms with van der Waals surface area (Å²) < 4.78 is 2.18. The molecular weight excluding hydrogens is 332 g/mol. The van der Waals surface area contributed by atoms with Gasteiger partial charge in [-0.05, 0) is 36.1 Å². The first-order chi connectivity index (χ1) is 12.0. The van der Waals surface area contributed by atoms with Crippen LogP contribution < -0.4 is 0 Å². The van der Waals surface area contributed by atoms with E-state index in [9.17, 15) is 4.79 Å². The zero-order chi connectivity index (χ0) is 18.2. The maximum Gasteiger partial charge on any atom is 0.223 e. The first kappa shape index (κ1) is 19.6. The summed E-state index contributed by atoms with van der Waals surface area (Å²) in [5.41, 5.74) is 2.24. The van der Waals surface area contributed by atoms with Gasteiger partial charge in [0, 0.05) is 36.4 Å². The van der Waals surface area contributed by atoms with Crippen molar-refractivity contribution in [1.29, 1.82) is 0 Å². The molecule has 1 aromatic carbocycles. The Bertz CT molecular complexity index is 678. The summed E-state index contributed by atoms with van der Waals surface area (Å²) >= 11 is 6.30. The third-order valence-electron chi connectivity index (χ3n) is 4.29. The number of nitrogens with zero attached hydrogens (tertiary/aromatic N) is 2. The summed E-state index contributed by atoms with van der Waals surface area (Å²) in [5, 5.41) is 0.779. The van der Waals surface area contributed by atoms with E-state index >= 15 is 0 Å². The van der Waals surface area contributed by atoms with Crippen LogP contribution in [0.4, 0.5) is 0 Å². The first-order valence-electron chi connectivity index (χ1n) is 9.16. The lowest BCUT2D eigenvalue weighted by Crippen LogP contribution is -2.33. The van der Waals surface area contributed by atoms with Crippen LogP contribution in [-0.4, -0.2) is 21.9 Å². The quantitative estimate of drug-likeness (QED) is 0.590. The molecule has 2 rings (SSSR count). The maximum atomic E-state index is 12.6. The van der Waals surface area contributed by atoms with Crippen molar-refractivity contribution in [1.82, 2.24) is 9.47 Å². The average molecular weight is 361 g/mol. The minimum atomic E-state index is 0.244. The largest absolute Gasteiger partial charge is 0.345 e. The summed E-state index contributed by atoms with van der Waals surface area (Å²) in [6.07, 6.45) is 4.79. The van der Waals surface area contributed by atoms with Crippen LogP contribution in [0.1, 0.15) is 51.3 Å². The van der Waals surface area contributed by atoms with E-state index in [2.05, 4.69) is 37.6 Å². The number of aromatic nitrogens is 1. The van der Waals surface area contributed by atoms with E-state index in [0.29, 0.717) is 18.9 Å². The van der Waals surface area contributed by atoms with Gasteiger partial charge < -0.3 is 9.47 Å². The Morgan fingerprint density at radius 1 is 1.20 bits per heavy atom. The Balaban J connectivity index is 2.13. The van der Waals surface area contributed by atoms with Crippen LogP contribution in [0.15, 0.2) is 42.6 Å². The Hall–Kier alpha value is -1.74. The van der Waals surface area contributed by atoms with Gasteiger partial charge in [0.25, 0.3) is 0 Å². The molecule has 0 saturated carbocycles. The highest BCUT2D eigenvalue weighted by Crippen LogP contribution is 2.18. The van der Waals surface area contributed by atoms with Crippen LogP contribution in [0.2, 0.25) is 5.02 Å². The van der Waals surface area contributed by atoms with Crippen molar-refractivity contribution in [3.8, 4) is 0 Å². The van der Waals surface area contributed by atoms with E-state index in [-0.39, 0.29) is 5.91 Å². The lowest BCUT2D eigenvalue weighted by atomic mass is 10.1. The van der Waals surface area contributed by atoms with Gasteiger partial charge in [-0.3, -0.25) is 4.79 Å². The van der Waals surface area contributed by atoms with E-state index in [1.807, 2.05) is 35.2 Å². The summed E-state index contributed by atoms with van der Waals surface area (Å²) in [6, 6.07) is 12.0. The van der Waals surface area contributed by atoms with Crippen molar-refractivity contribution in [2.75, 3.05) is 6.54 Å². The molecular formula is C21H29ClN2O. The Kier molecular flexibility index (Phi) is 7.57. The van der Waals surface area contributed by atoms with E-state index in [1.54, 1.807) is 0 Å². The van der Waals surface area contributed by atoms with Crippen molar-refractivity contribution in [3.63, 3.8) is 0 Å². The molecule has 1 amide bonds. The normalized spacial score (nSPS) is 11.1. The average Bonchev–Trinajstić information content (AvgIpc) is 2.99. The van der Waals surface area contributed by atoms with Gasteiger partial charge in [0.05, 0.1) is 6.54 Å². The summed E-state index contributed by atoms with van der Waals surface area (Å²) in [6.45, 7) is 8.54. The van der Waals surface area contributed by atoms with Gasteiger partial charge >= 0.3 is 0 Å². The second-order valence-corrected chi connectivity index (χ2v) is 7.39. The van der Waals surface area contributed by atoms with Crippen molar-refractivity contribution in [2.45, 2.75) is 53.1 Å². The van der Waals surface area contributed by atoms with E-state index < -0.39 is 0 Å². The van der Waals surface area contributed by atoms with Crippen LogP contribution >= 0.6 is 11.6 Å². The number of carbonyl (C=O) groups excluding carboxylic acids is 1. The Morgan fingerprint density at radius 3 is 2.64 bits per heavy atom. The van der Waals surface area contributed by atoms with Crippen LogP contribution in [0.25, 0.3) is 0 Å². The van der Waals surface area contributed by atoms with Crippen molar-refractivity contribution < 1.29 is 4.79 Å². The minimum Gasteiger partial charge on any atom is -0.345 e. The number of hydrogen-bond acceptors (Lipinski definition) is 1. The number of benzene rings is 1. The van der Waals surface area contributed by atoms with Gasteiger partial charge in [-0.2, -0.15) is 0 Å². The number of amides is 1. The molecule has 1 aromatic heterocycles. The molecule has 136 valence electrons. The third kappa shape index (κ3) is 5.93. The van der Waals surface area contributed by atoms with Crippen LogP contribution in [0, 0.1) is 5.92 Å². The molecule has 0 radical (unpaired) electrons. The second-order valence-electron chi connectivity index (χ2n) is 6.99. The SMILES string of the molecule is CCCCN(Cc1cccn1Cc1ccccc1Cl)C(=O)CC(C)C. The fourth-order valence-corrected chi connectivity index (χ4v) is 3.07. The zero-order valence-corrected chi connectivity index (χ0v) is 16.3. The fraction of sp³-hybridized carbons (Fsp3) is 0.476. The second kappa shape index (κ2) is 9.67. The lowest BCUT2D eigenvalue weighted by Gasteiger charge is -2.24. The number of hydrogen-bond donors (Lipinski definition) is 0. The highest BCUT2D eigenvalue weighted by Gasteiger charge is 2.16. The number of carbonyl (C=O) groups is 1. The van der Waals surface area contributed by atoms with Gasteiger partial charge in [0.1, 0.15) is 0 Å². The third-order valence-corrected chi connectivity index (χ3v) is 4.66. The fourth-order valence-electron chi connectivity index (χ4n) is 2.87. The molecule has 25 heavy (non-hydrogen) atoms. The topological polar surface area (TPSA) is 25.2 Å². The predicted octanol–water partition coefficient (Wildman–Crippen LogP) is 5.36. The Labute approximate surface area is 156 Å². The van der Waals surface area contributed by atoms with Gasteiger partial charge in [0.15, 0.2) is 0 Å². The molecule has 1 heterocycles. The maximum absolute atomic E-state index is 12.6. The summed E-state index contributed by atoms with van der Waals surface area (Å²) in [7, 11) is 0.